The number of hydrogen-bond acceptors (Lipinski definition) is 2. The van der Waals surface area contributed by atoms with Crippen LogP contribution in [0.4, 0.5) is 0 Å². The number of ether oxygens (including phenoxy) is 1. The van der Waals surface area contributed by atoms with E-state index in [1.807, 2.05) is 12.3 Å². The summed E-state index contributed by atoms with van der Waals surface area (Å²) in [5.74, 6) is 0. The Balaban J connectivity index is 2.47. The van der Waals surface area contributed by atoms with Crippen LogP contribution in [-0.4, -0.2) is 17.1 Å². The van der Waals surface area contributed by atoms with Crippen molar-refractivity contribution < 1.29 is 4.74 Å². The van der Waals surface area contributed by atoms with E-state index in [2.05, 4.69) is 16.0 Å². The molecule has 62 valence electrons. The first-order chi connectivity index (χ1) is 5.90. The molecule has 0 fully saturated rings. The summed E-state index contributed by atoms with van der Waals surface area (Å²) < 4.78 is 5.01. The third-order valence-corrected chi connectivity index (χ3v) is 1.78. The summed E-state index contributed by atoms with van der Waals surface area (Å²) in [6.45, 7) is 0.620. The highest BCUT2D eigenvalue weighted by Crippen LogP contribution is 2.13. The quantitative estimate of drug-likeness (QED) is 0.730. The molecule has 0 spiro atoms. The summed E-state index contributed by atoms with van der Waals surface area (Å²) in [5, 5.41) is 1.18. The number of aromatic nitrogens is 2. The lowest BCUT2D eigenvalue weighted by Gasteiger charge is -1.91. The zero-order chi connectivity index (χ0) is 8.39. The van der Waals surface area contributed by atoms with Gasteiger partial charge in [0, 0.05) is 24.4 Å². The summed E-state index contributed by atoms with van der Waals surface area (Å²) >= 11 is 0. The van der Waals surface area contributed by atoms with Crippen molar-refractivity contribution in [1.82, 2.24) is 9.97 Å². The van der Waals surface area contributed by atoms with Gasteiger partial charge in [-0.2, -0.15) is 0 Å². The van der Waals surface area contributed by atoms with E-state index in [1.165, 1.54) is 5.39 Å². The van der Waals surface area contributed by atoms with Crippen LogP contribution in [0.3, 0.4) is 0 Å². The van der Waals surface area contributed by atoms with E-state index in [0.717, 1.165) is 11.2 Å². The molecule has 0 bridgehead atoms. The highest BCUT2D eigenvalue weighted by Gasteiger charge is 1.98. The van der Waals surface area contributed by atoms with E-state index >= 15 is 0 Å². The normalized spacial score (nSPS) is 10.8. The van der Waals surface area contributed by atoms with Crippen molar-refractivity contribution in [2.24, 2.45) is 0 Å². The van der Waals surface area contributed by atoms with Gasteiger partial charge in [0.25, 0.3) is 0 Å². The van der Waals surface area contributed by atoms with Crippen molar-refractivity contribution >= 4 is 10.9 Å². The topological polar surface area (TPSA) is 37.9 Å². The van der Waals surface area contributed by atoms with Gasteiger partial charge in [-0.05, 0) is 12.1 Å². The van der Waals surface area contributed by atoms with Crippen LogP contribution in [0, 0.1) is 0 Å². The van der Waals surface area contributed by atoms with Crippen molar-refractivity contribution in [2.45, 2.75) is 6.61 Å². The second-order valence-corrected chi connectivity index (χ2v) is 2.69. The predicted molar refractivity (Wildman–Crippen MR) is 46.8 cm³/mol. The van der Waals surface area contributed by atoms with Crippen LogP contribution in [0.25, 0.3) is 10.9 Å². The molecule has 3 heteroatoms. The standard InChI is InChI=1S/C9H10N2O/c1-12-6-8-4-7-2-3-10-5-9(7)11-8/h2-5,11H,6H2,1H3. The van der Waals surface area contributed by atoms with Crippen LogP contribution >= 0.6 is 0 Å². The average Bonchev–Trinajstić information content (AvgIpc) is 2.47. The van der Waals surface area contributed by atoms with Gasteiger partial charge in [0.15, 0.2) is 0 Å². The molecular weight excluding hydrogens is 152 g/mol. The minimum Gasteiger partial charge on any atom is -0.378 e. The lowest BCUT2D eigenvalue weighted by atomic mass is 10.3. The van der Waals surface area contributed by atoms with E-state index < -0.39 is 0 Å². The number of nitrogens with one attached hydrogen (secondary N) is 1. The first-order valence-corrected chi connectivity index (χ1v) is 3.80. The third-order valence-electron chi connectivity index (χ3n) is 1.78. The fourth-order valence-electron chi connectivity index (χ4n) is 1.27. The summed E-state index contributed by atoms with van der Waals surface area (Å²) in [7, 11) is 1.68. The van der Waals surface area contributed by atoms with Gasteiger partial charge in [-0.15, -0.1) is 0 Å². The Bertz CT molecular complexity index is 348. The summed E-state index contributed by atoms with van der Waals surface area (Å²) in [5.41, 5.74) is 2.14. The van der Waals surface area contributed by atoms with Crippen molar-refractivity contribution in [3.63, 3.8) is 0 Å². The Morgan fingerprint density at radius 3 is 3.25 bits per heavy atom. The van der Waals surface area contributed by atoms with Gasteiger partial charge < -0.3 is 9.72 Å². The fraction of sp³-hybridized carbons (Fsp3) is 0.222. The number of aromatic amines is 1. The van der Waals surface area contributed by atoms with Gasteiger partial charge in [0.1, 0.15) is 0 Å². The first kappa shape index (κ1) is 7.31. The lowest BCUT2D eigenvalue weighted by molar-refractivity contribution is 0.182. The summed E-state index contributed by atoms with van der Waals surface area (Å²) in [6.07, 6.45) is 3.60. The van der Waals surface area contributed by atoms with E-state index in [1.54, 1.807) is 13.3 Å². The molecule has 0 amide bonds. The molecule has 0 saturated heterocycles. The van der Waals surface area contributed by atoms with Gasteiger partial charge in [-0.25, -0.2) is 0 Å². The Morgan fingerprint density at radius 1 is 1.58 bits per heavy atom. The van der Waals surface area contributed by atoms with Crippen LogP contribution in [0.15, 0.2) is 24.5 Å². The van der Waals surface area contributed by atoms with Gasteiger partial charge in [0.2, 0.25) is 0 Å². The van der Waals surface area contributed by atoms with Crippen LogP contribution in [0.2, 0.25) is 0 Å². The van der Waals surface area contributed by atoms with E-state index in [9.17, 15) is 0 Å². The van der Waals surface area contributed by atoms with Crippen LogP contribution < -0.4 is 0 Å². The molecule has 0 atom stereocenters. The molecule has 2 heterocycles. The highest BCUT2D eigenvalue weighted by atomic mass is 16.5. The molecule has 2 rings (SSSR count). The largest absolute Gasteiger partial charge is 0.378 e. The number of nitrogens with zero attached hydrogens (tertiary/aromatic N) is 1. The molecule has 2 aromatic rings. The van der Waals surface area contributed by atoms with Crippen LogP contribution in [0.5, 0.6) is 0 Å². The summed E-state index contributed by atoms with van der Waals surface area (Å²) in [4.78, 5) is 7.22. The molecule has 1 N–H and O–H groups in total. The van der Waals surface area contributed by atoms with Crippen LogP contribution in [0.1, 0.15) is 5.69 Å². The minimum absolute atomic E-state index is 0.620. The zero-order valence-electron chi connectivity index (χ0n) is 6.87. The molecule has 0 aliphatic heterocycles. The SMILES string of the molecule is COCc1cc2ccncc2[nH]1. The molecular formula is C9H10N2O. The molecule has 0 aliphatic carbocycles. The van der Waals surface area contributed by atoms with Crippen LogP contribution in [-0.2, 0) is 11.3 Å². The molecule has 0 radical (unpaired) electrons. The maximum atomic E-state index is 5.01. The molecule has 0 aliphatic rings. The molecule has 3 nitrogen and oxygen atoms in total. The average molecular weight is 162 g/mol. The number of methoxy groups -OCH3 is 1. The van der Waals surface area contributed by atoms with Crippen molar-refractivity contribution in [3.8, 4) is 0 Å². The Labute approximate surface area is 70.4 Å². The molecule has 0 unspecified atom stereocenters. The maximum Gasteiger partial charge on any atom is 0.0862 e. The van der Waals surface area contributed by atoms with Gasteiger partial charge in [0.05, 0.1) is 18.3 Å². The van der Waals surface area contributed by atoms with Gasteiger partial charge in [-0.1, -0.05) is 0 Å². The minimum atomic E-state index is 0.620. The smallest absolute Gasteiger partial charge is 0.0862 e. The Morgan fingerprint density at radius 2 is 2.50 bits per heavy atom. The molecule has 0 aromatic carbocycles. The lowest BCUT2D eigenvalue weighted by Crippen LogP contribution is -1.85. The Hall–Kier alpha value is -1.35. The second-order valence-electron chi connectivity index (χ2n) is 2.69. The van der Waals surface area contributed by atoms with E-state index in [0.29, 0.717) is 6.61 Å². The Kier molecular flexibility index (Phi) is 1.80. The number of rotatable bonds is 2. The van der Waals surface area contributed by atoms with Gasteiger partial charge >= 0.3 is 0 Å². The third kappa shape index (κ3) is 1.19. The fourth-order valence-corrected chi connectivity index (χ4v) is 1.27. The predicted octanol–water partition coefficient (Wildman–Crippen LogP) is 1.71. The van der Waals surface area contributed by atoms with Crippen molar-refractivity contribution in [3.05, 3.63) is 30.2 Å². The maximum absolute atomic E-state index is 5.01. The number of pyridine rings is 1. The molecule has 2 aromatic heterocycles. The number of H-pyrrole nitrogens is 1. The van der Waals surface area contributed by atoms with Crippen molar-refractivity contribution in [1.29, 1.82) is 0 Å². The monoisotopic (exact) mass is 162 g/mol. The zero-order valence-corrected chi connectivity index (χ0v) is 6.87. The van der Waals surface area contributed by atoms with E-state index in [4.69, 9.17) is 4.74 Å². The van der Waals surface area contributed by atoms with Crippen molar-refractivity contribution in [2.75, 3.05) is 7.11 Å². The molecule has 12 heavy (non-hydrogen) atoms. The van der Waals surface area contributed by atoms with Gasteiger partial charge in [-0.3, -0.25) is 4.98 Å². The van der Waals surface area contributed by atoms with E-state index in [-0.39, 0.29) is 0 Å². The second kappa shape index (κ2) is 2.95. The highest BCUT2D eigenvalue weighted by molar-refractivity contribution is 5.79. The number of fused-ring (bicyclic) bond motifs is 1. The first-order valence-electron chi connectivity index (χ1n) is 3.80. The molecule has 0 saturated carbocycles. The summed E-state index contributed by atoms with van der Waals surface area (Å²) in [6, 6.07) is 4.05. The number of hydrogen-bond donors (Lipinski definition) is 1.